The van der Waals surface area contributed by atoms with Gasteiger partial charge in [-0.25, -0.2) is 4.79 Å². The molecule has 8 heteroatoms. The molecule has 88 valence electrons. The van der Waals surface area contributed by atoms with Crippen LogP contribution >= 0.6 is 0 Å². The summed E-state index contributed by atoms with van der Waals surface area (Å²) in [4.78, 5) is 21.1. The highest BCUT2D eigenvalue weighted by Gasteiger charge is 2.37. The van der Waals surface area contributed by atoms with Gasteiger partial charge in [-0.1, -0.05) is 0 Å². The Kier molecular flexibility index (Phi) is 5.15. The molecule has 0 spiro atoms. The minimum atomic E-state index is -2.08. The first kappa shape index (κ1) is 13.8. The molecular formula is C7H13NO7. The molecule has 4 atom stereocenters. The van der Waals surface area contributed by atoms with E-state index in [-0.39, 0.29) is 0 Å². The van der Waals surface area contributed by atoms with Crippen molar-refractivity contribution in [2.45, 2.75) is 24.4 Å². The number of carbonyl (C=O) groups is 2. The number of methoxy groups -OCH3 is 1. The first-order valence-electron chi connectivity index (χ1n) is 3.92. The first-order chi connectivity index (χ1) is 6.82. The Labute approximate surface area is 84.9 Å². The first-order valence-corrected chi connectivity index (χ1v) is 3.92. The van der Waals surface area contributed by atoms with E-state index in [0.29, 0.717) is 0 Å². The molecule has 8 nitrogen and oxygen atoms in total. The quantitative estimate of drug-likeness (QED) is 0.299. The average Bonchev–Trinajstić information content (AvgIpc) is 2.23. The second-order valence-electron chi connectivity index (χ2n) is 2.80. The van der Waals surface area contributed by atoms with Crippen LogP contribution in [0.3, 0.4) is 0 Å². The van der Waals surface area contributed by atoms with Gasteiger partial charge in [0.05, 0.1) is 7.11 Å². The Morgan fingerprint density at radius 1 is 1.07 bits per heavy atom. The van der Waals surface area contributed by atoms with Crippen molar-refractivity contribution < 1.29 is 34.8 Å². The topological polar surface area (TPSA) is 150 Å². The number of hydrogen-bond donors (Lipinski definition) is 5. The number of nitrogens with two attached hydrogens (primary N) is 1. The van der Waals surface area contributed by atoms with Crippen LogP contribution in [0.5, 0.6) is 0 Å². The Morgan fingerprint density at radius 2 is 1.47 bits per heavy atom. The predicted molar refractivity (Wildman–Crippen MR) is 45.2 cm³/mol. The molecule has 0 rings (SSSR count). The van der Waals surface area contributed by atoms with Crippen LogP contribution in [0.25, 0.3) is 0 Å². The van der Waals surface area contributed by atoms with Crippen molar-refractivity contribution in [3.05, 3.63) is 0 Å². The third kappa shape index (κ3) is 3.44. The Bertz CT molecular complexity index is 243. The minimum absolute atomic E-state index is 0.954. The molecule has 0 aliphatic heterocycles. The zero-order chi connectivity index (χ0) is 12.2. The van der Waals surface area contributed by atoms with Gasteiger partial charge in [0.1, 0.15) is 12.2 Å². The zero-order valence-electron chi connectivity index (χ0n) is 7.90. The van der Waals surface area contributed by atoms with Crippen LogP contribution in [0.15, 0.2) is 0 Å². The summed E-state index contributed by atoms with van der Waals surface area (Å²) in [7, 11) is 0.954. The molecule has 15 heavy (non-hydrogen) atoms. The molecule has 0 fully saturated rings. The Morgan fingerprint density at radius 3 is 1.80 bits per heavy atom. The highest BCUT2D eigenvalue weighted by molar-refractivity contribution is 5.80. The maximum Gasteiger partial charge on any atom is 0.337 e. The van der Waals surface area contributed by atoms with E-state index in [1.807, 2.05) is 0 Å². The van der Waals surface area contributed by atoms with Gasteiger partial charge in [-0.2, -0.15) is 0 Å². The summed E-state index contributed by atoms with van der Waals surface area (Å²) < 4.78 is 4.07. The number of primary amides is 1. The van der Waals surface area contributed by atoms with Gasteiger partial charge in [0.25, 0.3) is 0 Å². The maximum atomic E-state index is 10.7. The van der Waals surface area contributed by atoms with Crippen LogP contribution in [-0.2, 0) is 14.3 Å². The molecule has 0 aliphatic carbocycles. The van der Waals surface area contributed by atoms with E-state index in [1.54, 1.807) is 0 Å². The summed E-state index contributed by atoms with van der Waals surface area (Å²) in [5, 5.41) is 36.2. The summed E-state index contributed by atoms with van der Waals surface area (Å²) in [6, 6.07) is 0. The Balaban J connectivity index is 4.49. The van der Waals surface area contributed by atoms with Crippen molar-refractivity contribution >= 4 is 11.9 Å². The zero-order valence-corrected chi connectivity index (χ0v) is 7.90. The van der Waals surface area contributed by atoms with Crippen molar-refractivity contribution in [3.63, 3.8) is 0 Å². The lowest BCUT2D eigenvalue weighted by Gasteiger charge is -2.23. The molecule has 0 aromatic carbocycles. The van der Waals surface area contributed by atoms with Crippen molar-refractivity contribution in [1.29, 1.82) is 0 Å². The molecule has 0 saturated carbocycles. The number of ether oxygens (including phenoxy) is 1. The molecule has 0 bridgehead atoms. The lowest BCUT2D eigenvalue weighted by molar-refractivity contribution is -0.168. The molecule has 1 amide bonds. The fourth-order valence-corrected chi connectivity index (χ4v) is 0.802. The van der Waals surface area contributed by atoms with Crippen LogP contribution in [0.1, 0.15) is 0 Å². The SMILES string of the molecule is COC(=O)[C@H](O)[C@@H](O)[C@@H](O)[C@H](O)C(N)=O. The maximum absolute atomic E-state index is 10.7. The molecule has 0 heterocycles. The van der Waals surface area contributed by atoms with Crippen LogP contribution in [0.2, 0.25) is 0 Å². The van der Waals surface area contributed by atoms with Crippen LogP contribution in [0.4, 0.5) is 0 Å². The summed E-state index contributed by atoms with van der Waals surface area (Å²) in [5.41, 5.74) is 4.63. The third-order valence-electron chi connectivity index (χ3n) is 1.73. The highest BCUT2D eigenvalue weighted by atomic mass is 16.5. The summed E-state index contributed by atoms with van der Waals surface area (Å²) in [6.45, 7) is 0. The van der Waals surface area contributed by atoms with Gasteiger partial charge in [0.2, 0.25) is 5.91 Å². The number of amides is 1. The number of aliphatic hydroxyl groups excluding tert-OH is 4. The smallest absolute Gasteiger partial charge is 0.337 e. The summed E-state index contributed by atoms with van der Waals surface area (Å²) in [5.74, 6) is -2.50. The van der Waals surface area contributed by atoms with E-state index < -0.39 is 36.3 Å². The lowest BCUT2D eigenvalue weighted by Crippen LogP contribution is -2.51. The Hall–Kier alpha value is -1.22. The van der Waals surface area contributed by atoms with Crippen molar-refractivity contribution in [1.82, 2.24) is 0 Å². The van der Waals surface area contributed by atoms with Gasteiger partial charge in [0, 0.05) is 0 Å². The average molecular weight is 223 g/mol. The summed E-state index contributed by atoms with van der Waals surface area (Å²) in [6.07, 6.45) is -8.30. The number of aliphatic hydroxyl groups is 4. The van der Waals surface area contributed by atoms with Crippen LogP contribution in [-0.4, -0.2) is 63.8 Å². The van der Waals surface area contributed by atoms with Crippen LogP contribution in [0, 0.1) is 0 Å². The van der Waals surface area contributed by atoms with Crippen molar-refractivity contribution in [2.75, 3.05) is 7.11 Å². The molecule has 0 unspecified atom stereocenters. The molecule has 0 saturated heterocycles. The molecule has 0 aromatic rings. The number of esters is 1. The second-order valence-corrected chi connectivity index (χ2v) is 2.80. The van der Waals surface area contributed by atoms with Gasteiger partial charge in [-0.15, -0.1) is 0 Å². The van der Waals surface area contributed by atoms with E-state index in [4.69, 9.17) is 20.4 Å². The largest absolute Gasteiger partial charge is 0.467 e. The van der Waals surface area contributed by atoms with Gasteiger partial charge < -0.3 is 30.9 Å². The molecule has 0 aromatic heterocycles. The van der Waals surface area contributed by atoms with E-state index in [1.165, 1.54) is 0 Å². The number of carbonyl (C=O) groups excluding carboxylic acids is 2. The van der Waals surface area contributed by atoms with E-state index >= 15 is 0 Å². The second kappa shape index (κ2) is 5.61. The van der Waals surface area contributed by atoms with Crippen molar-refractivity contribution in [3.8, 4) is 0 Å². The van der Waals surface area contributed by atoms with E-state index in [0.717, 1.165) is 7.11 Å². The predicted octanol–water partition coefficient (Wildman–Crippen LogP) is -3.91. The normalized spacial score (nSPS) is 18.7. The standard InChI is InChI=1S/C7H13NO7/c1-15-7(14)5(12)3(10)2(9)4(11)6(8)13/h2-5,9-12H,1H3,(H2,8,13)/t2-,3+,4+,5-/m1/s1. The molecule has 6 N–H and O–H groups in total. The van der Waals surface area contributed by atoms with E-state index in [2.05, 4.69) is 10.5 Å². The summed E-state index contributed by atoms with van der Waals surface area (Å²) >= 11 is 0. The highest BCUT2D eigenvalue weighted by Crippen LogP contribution is 2.06. The number of hydrogen-bond acceptors (Lipinski definition) is 7. The van der Waals surface area contributed by atoms with Crippen molar-refractivity contribution in [2.24, 2.45) is 5.73 Å². The molecule has 0 radical (unpaired) electrons. The minimum Gasteiger partial charge on any atom is -0.467 e. The monoisotopic (exact) mass is 223 g/mol. The van der Waals surface area contributed by atoms with Gasteiger partial charge in [0.15, 0.2) is 12.2 Å². The van der Waals surface area contributed by atoms with E-state index in [9.17, 15) is 9.59 Å². The fourth-order valence-electron chi connectivity index (χ4n) is 0.802. The van der Waals surface area contributed by atoms with Crippen LogP contribution < -0.4 is 5.73 Å². The molecular weight excluding hydrogens is 210 g/mol. The molecule has 0 aliphatic rings. The van der Waals surface area contributed by atoms with Gasteiger partial charge >= 0.3 is 5.97 Å². The third-order valence-corrected chi connectivity index (χ3v) is 1.73. The van der Waals surface area contributed by atoms with Gasteiger partial charge in [-0.05, 0) is 0 Å². The van der Waals surface area contributed by atoms with Gasteiger partial charge in [-0.3, -0.25) is 4.79 Å². The fraction of sp³-hybridized carbons (Fsp3) is 0.714. The lowest BCUT2D eigenvalue weighted by atomic mass is 10.0. The number of rotatable bonds is 5.